The third-order valence-corrected chi connectivity index (χ3v) is 4.18. The van der Waals surface area contributed by atoms with Crippen molar-refractivity contribution < 1.29 is 9.47 Å². The van der Waals surface area contributed by atoms with Crippen molar-refractivity contribution in [1.82, 2.24) is 5.32 Å². The minimum atomic E-state index is 0.439. The van der Waals surface area contributed by atoms with E-state index in [0.717, 1.165) is 19.8 Å². The Morgan fingerprint density at radius 3 is 2.71 bits per heavy atom. The first-order chi connectivity index (χ1) is 8.29. The molecule has 2 fully saturated rings. The smallest absolute Gasteiger partial charge is 0.0589 e. The van der Waals surface area contributed by atoms with E-state index in [4.69, 9.17) is 9.47 Å². The maximum Gasteiger partial charge on any atom is 0.0589 e. The number of ether oxygens (including phenoxy) is 2. The van der Waals surface area contributed by atoms with Crippen molar-refractivity contribution in [3.05, 3.63) is 0 Å². The highest BCUT2D eigenvalue weighted by Crippen LogP contribution is 2.21. The predicted octanol–water partition coefficient (Wildman–Crippen LogP) is 2.35. The highest BCUT2D eigenvalue weighted by Gasteiger charge is 2.26. The van der Waals surface area contributed by atoms with Crippen LogP contribution in [-0.2, 0) is 9.47 Å². The molecule has 0 amide bonds. The van der Waals surface area contributed by atoms with Gasteiger partial charge in [0.15, 0.2) is 0 Å². The molecule has 0 aliphatic carbocycles. The number of hydrogen-bond donors (Lipinski definition) is 1. The summed E-state index contributed by atoms with van der Waals surface area (Å²) in [6.07, 6.45) is 6.94. The van der Waals surface area contributed by atoms with E-state index in [0.29, 0.717) is 24.2 Å². The zero-order chi connectivity index (χ0) is 12.1. The molecule has 0 aromatic carbocycles. The van der Waals surface area contributed by atoms with Gasteiger partial charge in [0, 0.05) is 25.8 Å². The number of rotatable bonds is 5. The molecule has 17 heavy (non-hydrogen) atoms. The molecule has 100 valence electrons. The Balaban J connectivity index is 1.67. The first kappa shape index (κ1) is 13.3. The molecule has 1 N–H and O–H groups in total. The topological polar surface area (TPSA) is 30.5 Å². The fraction of sp³-hybridized carbons (Fsp3) is 1.00. The summed E-state index contributed by atoms with van der Waals surface area (Å²) in [6.45, 7) is 7.42. The Bertz CT molecular complexity index is 220. The quantitative estimate of drug-likeness (QED) is 0.801. The molecule has 4 unspecified atom stereocenters. The molecule has 4 atom stereocenters. The summed E-state index contributed by atoms with van der Waals surface area (Å²) in [5.74, 6) is 0.711. The molecule has 0 aromatic rings. The standard InChI is InChI=1S/C14H27NO2/c1-3-4-14-9-13(6-8-17-14)15-10-12-5-7-16-11(12)2/h11-15H,3-10H2,1-2H3. The zero-order valence-corrected chi connectivity index (χ0v) is 11.3. The summed E-state index contributed by atoms with van der Waals surface area (Å²) in [4.78, 5) is 0. The van der Waals surface area contributed by atoms with E-state index < -0.39 is 0 Å². The van der Waals surface area contributed by atoms with Crippen LogP contribution in [0.25, 0.3) is 0 Å². The molecule has 0 spiro atoms. The molecule has 3 heteroatoms. The lowest BCUT2D eigenvalue weighted by atomic mass is 9.98. The molecule has 2 heterocycles. The maximum atomic E-state index is 5.78. The summed E-state index contributed by atoms with van der Waals surface area (Å²) in [5.41, 5.74) is 0. The van der Waals surface area contributed by atoms with Gasteiger partial charge in [-0.1, -0.05) is 13.3 Å². The fourth-order valence-electron chi connectivity index (χ4n) is 2.95. The van der Waals surface area contributed by atoms with Gasteiger partial charge in [0.2, 0.25) is 0 Å². The van der Waals surface area contributed by atoms with Crippen molar-refractivity contribution in [2.24, 2.45) is 5.92 Å². The maximum absolute atomic E-state index is 5.78. The van der Waals surface area contributed by atoms with Gasteiger partial charge in [-0.3, -0.25) is 0 Å². The van der Waals surface area contributed by atoms with Crippen LogP contribution in [0, 0.1) is 5.92 Å². The molecule has 0 bridgehead atoms. The van der Waals surface area contributed by atoms with Gasteiger partial charge in [-0.15, -0.1) is 0 Å². The summed E-state index contributed by atoms with van der Waals surface area (Å²) < 4.78 is 11.4. The number of hydrogen-bond acceptors (Lipinski definition) is 3. The predicted molar refractivity (Wildman–Crippen MR) is 69.2 cm³/mol. The van der Waals surface area contributed by atoms with E-state index in [9.17, 15) is 0 Å². The van der Waals surface area contributed by atoms with Crippen LogP contribution < -0.4 is 5.32 Å². The Kier molecular flexibility index (Phi) is 5.26. The zero-order valence-electron chi connectivity index (χ0n) is 11.3. The normalized spacial score (nSPS) is 38.5. The first-order valence-electron chi connectivity index (χ1n) is 7.26. The van der Waals surface area contributed by atoms with Crippen molar-refractivity contribution in [2.75, 3.05) is 19.8 Å². The van der Waals surface area contributed by atoms with Crippen molar-refractivity contribution in [3.63, 3.8) is 0 Å². The SMILES string of the molecule is CCCC1CC(NCC2CCOC2C)CCO1. The van der Waals surface area contributed by atoms with Crippen LogP contribution in [0.15, 0.2) is 0 Å². The van der Waals surface area contributed by atoms with Crippen LogP contribution in [0.1, 0.15) is 46.0 Å². The highest BCUT2D eigenvalue weighted by atomic mass is 16.5. The molecular formula is C14H27NO2. The van der Waals surface area contributed by atoms with Crippen LogP contribution in [0.4, 0.5) is 0 Å². The Hall–Kier alpha value is -0.120. The van der Waals surface area contributed by atoms with E-state index in [1.54, 1.807) is 0 Å². The van der Waals surface area contributed by atoms with Crippen molar-refractivity contribution in [1.29, 1.82) is 0 Å². The fourth-order valence-corrected chi connectivity index (χ4v) is 2.95. The van der Waals surface area contributed by atoms with Gasteiger partial charge in [0.05, 0.1) is 12.2 Å². The summed E-state index contributed by atoms with van der Waals surface area (Å²) in [5, 5.41) is 3.72. The average Bonchev–Trinajstić information content (AvgIpc) is 2.73. The molecule has 3 nitrogen and oxygen atoms in total. The lowest BCUT2D eigenvalue weighted by Gasteiger charge is -2.31. The van der Waals surface area contributed by atoms with Gasteiger partial charge in [-0.05, 0) is 38.5 Å². The summed E-state index contributed by atoms with van der Waals surface area (Å²) >= 11 is 0. The van der Waals surface area contributed by atoms with Gasteiger partial charge < -0.3 is 14.8 Å². The lowest BCUT2D eigenvalue weighted by molar-refractivity contribution is -0.00421. The molecule has 2 aliphatic rings. The van der Waals surface area contributed by atoms with Crippen LogP contribution in [-0.4, -0.2) is 38.0 Å². The van der Waals surface area contributed by atoms with Crippen LogP contribution in [0.3, 0.4) is 0 Å². The third-order valence-electron chi connectivity index (χ3n) is 4.18. The Morgan fingerprint density at radius 2 is 2.00 bits per heavy atom. The molecule has 0 aromatic heterocycles. The van der Waals surface area contributed by atoms with Crippen molar-refractivity contribution >= 4 is 0 Å². The van der Waals surface area contributed by atoms with E-state index in [2.05, 4.69) is 19.2 Å². The van der Waals surface area contributed by atoms with Crippen molar-refractivity contribution in [2.45, 2.75) is 64.2 Å². The van der Waals surface area contributed by atoms with E-state index in [1.807, 2.05) is 0 Å². The van der Waals surface area contributed by atoms with E-state index >= 15 is 0 Å². The molecular weight excluding hydrogens is 214 g/mol. The molecule has 2 rings (SSSR count). The second-order valence-electron chi connectivity index (χ2n) is 5.54. The summed E-state index contributed by atoms with van der Waals surface area (Å²) in [6, 6.07) is 0.660. The molecule has 0 saturated carbocycles. The van der Waals surface area contributed by atoms with Crippen LogP contribution in [0.5, 0.6) is 0 Å². The Morgan fingerprint density at radius 1 is 1.18 bits per heavy atom. The highest BCUT2D eigenvalue weighted by molar-refractivity contribution is 4.80. The Labute approximate surface area is 105 Å². The molecule has 2 saturated heterocycles. The monoisotopic (exact) mass is 241 g/mol. The van der Waals surface area contributed by atoms with E-state index in [-0.39, 0.29) is 0 Å². The second-order valence-corrected chi connectivity index (χ2v) is 5.54. The minimum absolute atomic E-state index is 0.439. The van der Waals surface area contributed by atoms with E-state index in [1.165, 1.54) is 32.1 Å². The van der Waals surface area contributed by atoms with Gasteiger partial charge in [-0.25, -0.2) is 0 Å². The van der Waals surface area contributed by atoms with Crippen molar-refractivity contribution in [3.8, 4) is 0 Å². The lowest BCUT2D eigenvalue weighted by Crippen LogP contribution is -2.41. The molecule has 0 radical (unpaired) electrons. The minimum Gasteiger partial charge on any atom is -0.378 e. The number of nitrogens with one attached hydrogen (secondary N) is 1. The van der Waals surface area contributed by atoms with Crippen LogP contribution in [0.2, 0.25) is 0 Å². The molecule has 2 aliphatic heterocycles. The third kappa shape index (κ3) is 3.94. The van der Waals surface area contributed by atoms with Crippen LogP contribution >= 0.6 is 0 Å². The van der Waals surface area contributed by atoms with Gasteiger partial charge >= 0.3 is 0 Å². The largest absolute Gasteiger partial charge is 0.378 e. The van der Waals surface area contributed by atoms with Gasteiger partial charge in [-0.2, -0.15) is 0 Å². The summed E-state index contributed by atoms with van der Waals surface area (Å²) in [7, 11) is 0. The first-order valence-corrected chi connectivity index (χ1v) is 7.26. The average molecular weight is 241 g/mol. The second kappa shape index (κ2) is 6.72. The van der Waals surface area contributed by atoms with Gasteiger partial charge in [0.1, 0.15) is 0 Å². The van der Waals surface area contributed by atoms with Gasteiger partial charge in [0.25, 0.3) is 0 Å².